The minimum atomic E-state index is -4.81. The van der Waals surface area contributed by atoms with Gasteiger partial charge in [-0.15, -0.1) is 13.2 Å². The largest absolute Gasteiger partial charge is 0.573 e. The van der Waals surface area contributed by atoms with E-state index in [0.717, 1.165) is 6.07 Å². The zero-order chi connectivity index (χ0) is 15.4. The third-order valence-corrected chi connectivity index (χ3v) is 2.42. The van der Waals surface area contributed by atoms with E-state index in [0.29, 0.717) is 6.54 Å². The summed E-state index contributed by atoms with van der Waals surface area (Å²) in [6, 6.07) is 5.37. The molecule has 0 aliphatic carbocycles. The Morgan fingerprint density at radius 1 is 1.20 bits per heavy atom. The quantitative estimate of drug-likeness (QED) is 0.842. The molecule has 0 radical (unpaired) electrons. The van der Waals surface area contributed by atoms with Crippen LogP contribution in [0.25, 0.3) is 0 Å². The lowest BCUT2D eigenvalue weighted by molar-refractivity contribution is -0.274. The Morgan fingerprint density at radius 3 is 2.35 bits per heavy atom. The number of halogens is 3. The van der Waals surface area contributed by atoms with Crippen LogP contribution in [0.1, 0.15) is 37.6 Å². The first kappa shape index (κ1) is 16.5. The Kier molecular flexibility index (Phi) is 5.16. The van der Waals surface area contributed by atoms with Crippen LogP contribution in [0.3, 0.4) is 0 Å². The van der Waals surface area contributed by atoms with Crippen molar-refractivity contribution in [3.05, 3.63) is 29.8 Å². The van der Waals surface area contributed by atoms with Crippen LogP contribution in [-0.2, 0) is 0 Å². The third kappa shape index (κ3) is 6.06. The molecule has 0 amide bonds. The van der Waals surface area contributed by atoms with Gasteiger partial charge in [-0.1, -0.05) is 12.1 Å². The highest BCUT2D eigenvalue weighted by atomic mass is 19.4. The molecule has 0 saturated heterocycles. The fourth-order valence-electron chi connectivity index (χ4n) is 1.60. The fraction of sp³-hybridized carbons (Fsp3) is 0.500. The van der Waals surface area contributed by atoms with Crippen LogP contribution in [0.15, 0.2) is 24.3 Å². The predicted molar refractivity (Wildman–Crippen MR) is 69.8 cm³/mol. The summed E-state index contributed by atoms with van der Waals surface area (Å²) in [5.74, 6) is -0.845. The molecule has 0 unspecified atom stereocenters. The average Bonchev–Trinajstić information content (AvgIpc) is 2.25. The van der Waals surface area contributed by atoms with Gasteiger partial charge < -0.3 is 10.1 Å². The maximum absolute atomic E-state index is 12.2. The molecule has 0 aliphatic heterocycles. The first-order valence-electron chi connectivity index (χ1n) is 6.21. The smallest absolute Gasteiger partial charge is 0.405 e. The van der Waals surface area contributed by atoms with Crippen LogP contribution in [-0.4, -0.2) is 24.2 Å². The standard InChI is InChI=1S/C14H18F3NO2/c1-13(2,3)18-9-8-11(19)10-6-4-5-7-12(10)20-14(15,16)17/h4-7,18H,8-9H2,1-3H3. The average molecular weight is 289 g/mol. The number of para-hydroxylation sites is 1. The molecular formula is C14H18F3NO2. The first-order valence-corrected chi connectivity index (χ1v) is 6.21. The fourth-order valence-corrected chi connectivity index (χ4v) is 1.60. The highest BCUT2D eigenvalue weighted by Gasteiger charge is 2.32. The van der Waals surface area contributed by atoms with E-state index in [-0.39, 0.29) is 23.3 Å². The Morgan fingerprint density at radius 2 is 1.80 bits per heavy atom. The molecule has 0 atom stereocenters. The van der Waals surface area contributed by atoms with E-state index in [1.54, 1.807) is 0 Å². The molecular weight excluding hydrogens is 271 g/mol. The second-order valence-electron chi connectivity index (χ2n) is 5.39. The number of Topliss-reactive ketones (excluding diaryl/α,β-unsaturated/α-hetero) is 1. The minimum absolute atomic E-state index is 0.0551. The van der Waals surface area contributed by atoms with Gasteiger partial charge in [0, 0.05) is 18.5 Å². The van der Waals surface area contributed by atoms with Crippen molar-refractivity contribution < 1.29 is 22.7 Å². The lowest BCUT2D eigenvalue weighted by Gasteiger charge is -2.20. The van der Waals surface area contributed by atoms with E-state index in [4.69, 9.17) is 0 Å². The number of nitrogens with one attached hydrogen (secondary N) is 1. The van der Waals surface area contributed by atoms with Crippen molar-refractivity contribution in [1.82, 2.24) is 5.32 Å². The highest BCUT2D eigenvalue weighted by molar-refractivity contribution is 5.98. The molecule has 20 heavy (non-hydrogen) atoms. The van der Waals surface area contributed by atoms with E-state index in [9.17, 15) is 18.0 Å². The number of hydrogen-bond acceptors (Lipinski definition) is 3. The highest BCUT2D eigenvalue weighted by Crippen LogP contribution is 2.26. The van der Waals surface area contributed by atoms with Gasteiger partial charge in [-0.05, 0) is 32.9 Å². The summed E-state index contributed by atoms with van der Waals surface area (Å²) in [7, 11) is 0. The summed E-state index contributed by atoms with van der Waals surface area (Å²) in [6.07, 6.45) is -4.70. The van der Waals surface area contributed by atoms with Crippen LogP contribution < -0.4 is 10.1 Å². The maximum atomic E-state index is 12.2. The molecule has 1 aromatic rings. The number of carbonyl (C=O) groups is 1. The van der Waals surface area contributed by atoms with Gasteiger partial charge in [0.2, 0.25) is 0 Å². The van der Waals surface area contributed by atoms with Gasteiger partial charge in [0.05, 0.1) is 5.56 Å². The summed E-state index contributed by atoms with van der Waals surface area (Å²) >= 11 is 0. The second kappa shape index (κ2) is 6.26. The molecule has 6 heteroatoms. The van der Waals surface area contributed by atoms with Gasteiger partial charge in [-0.2, -0.15) is 0 Å². The van der Waals surface area contributed by atoms with Crippen molar-refractivity contribution in [1.29, 1.82) is 0 Å². The van der Waals surface area contributed by atoms with Crippen molar-refractivity contribution in [2.75, 3.05) is 6.54 Å². The molecule has 0 saturated carbocycles. The summed E-state index contributed by atoms with van der Waals surface area (Å²) in [5, 5.41) is 3.11. The van der Waals surface area contributed by atoms with Gasteiger partial charge >= 0.3 is 6.36 Å². The number of alkyl halides is 3. The Balaban J connectivity index is 2.73. The number of rotatable bonds is 5. The van der Waals surface area contributed by atoms with Crippen molar-refractivity contribution in [2.24, 2.45) is 0 Å². The molecule has 0 aromatic heterocycles. The Bertz CT molecular complexity index is 464. The van der Waals surface area contributed by atoms with Crippen LogP contribution >= 0.6 is 0 Å². The first-order chi connectivity index (χ1) is 9.08. The SMILES string of the molecule is CC(C)(C)NCCC(=O)c1ccccc1OC(F)(F)F. The summed E-state index contributed by atoms with van der Waals surface area (Å²) in [4.78, 5) is 11.9. The normalized spacial score (nSPS) is 12.3. The van der Waals surface area contributed by atoms with Crippen molar-refractivity contribution in [3.8, 4) is 5.75 Å². The van der Waals surface area contributed by atoms with Crippen LogP contribution in [0, 0.1) is 0 Å². The number of ether oxygens (including phenoxy) is 1. The van der Waals surface area contributed by atoms with Gasteiger partial charge in [0.15, 0.2) is 5.78 Å². The van der Waals surface area contributed by atoms with Gasteiger partial charge in [-0.3, -0.25) is 4.79 Å². The van der Waals surface area contributed by atoms with Gasteiger partial charge in [0.1, 0.15) is 5.75 Å². The van der Waals surface area contributed by atoms with E-state index in [1.807, 2.05) is 20.8 Å². The lowest BCUT2D eigenvalue weighted by Crippen LogP contribution is -2.37. The topological polar surface area (TPSA) is 38.3 Å². The number of ketones is 1. The monoisotopic (exact) mass is 289 g/mol. The third-order valence-electron chi connectivity index (χ3n) is 2.42. The van der Waals surface area contributed by atoms with Gasteiger partial charge in [0.25, 0.3) is 0 Å². The van der Waals surface area contributed by atoms with E-state index >= 15 is 0 Å². The zero-order valence-electron chi connectivity index (χ0n) is 11.7. The molecule has 1 rings (SSSR count). The molecule has 1 aromatic carbocycles. The predicted octanol–water partition coefficient (Wildman–Crippen LogP) is 3.55. The van der Waals surface area contributed by atoms with Crippen LogP contribution in [0.5, 0.6) is 5.75 Å². The number of benzene rings is 1. The molecule has 112 valence electrons. The molecule has 1 N–H and O–H groups in total. The van der Waals surface area contributed by atoms with Crippen molar-refractivity contribution in [2.45, 2.75) is 39.1 Å². The summed E-state index contributed by atoms with van der Waals surface area (Å²) in [6.45, 7) is 6.22. The Labute approximate surface area is 116 Å². The maximum Gasteiger partial charge on any atom is 0.573 e. The van der Waals surface area contributed by atoms with Crippen LogP contribution in [0.4, 0.5) is 13.2 Å². The minimum Gasteiger partial charge on any atom is -0.405 e. The van der Waals surface area contributed by atoms with Crippen LogP contribution in [0.2, 0.25) is 0 Å². The summed E-state index contributed by atoms with van der Waals surface area (Å²) < 4.78 is 40.6. The zero-order valence-corrected chi connectivity index (χ0v) is 11.7. The van der Waals surface area contributed by atoms with Gasteiger partial charge in [-0.25, -0.2) is 0 Å². The number of carbonyl (C=O) groups excluding carboxylic acids is 1. The van der Waals surface area contributed by atoms with Crippen molar-refractivity contribution >= 4 is 5.78 Å². The molecule has 0 spiro atoms. The molecule has 0 fully saturated rings. The van der Waals surface area contributed by atoms with E-state index in [2.05, 4.69) is 10.1 Å². The molecule has 0 bridgehead atoms. The van der Waals surface area contributed by atoms with Crippen molar-refractivity contribution in [3.63, 3.8) is 0 Å². The van der Waals surface area contributed by atoms with E-state index in [1.165, 1.54) is 18.2 Å². The lowest BCUT2D eigenvalue weighted by atomic mass is 10.1. The van der Waals surface area contributed by atoms with E-state index < -0.39 is 12.1 Å². The summed E-state index contributed by atoms with van der Waals surface area (Å²) in [5.41, 5.74) is -0.206. The molecule has 0 heterocycles. The number of hydrogen-bond donors (Lipinski definition) is 1. The second-order valence-corrected chi connectivity index (χ2v) is 5.39. The molecule has 3 nitrogen and oxygen atoms in total. The molecule has 0 aliphatic rings. The Hall–Kier alpha value is -1.56.